The summed E-state index contributed by atoms with van der Waals surface area (Å²) in [5, 5.41) is 1.99. The molecule has 1 amide bonds. The second kappa shape index (κ2) is 15.5. The van der Waals surface area contributed by atoms with Gasteiger partial charge in [-0.05, 0) is 113 Å². The van der Waals surface area contributed by atoms with E-state index in [0.717, 1.165) is 75.9 Å². The van der Waals surface area contributed by atoms with Crippen LogP contribution in [-0.4, -0.2) is 50.2 Å². The van der Waals surface area contributed by atoms with Crippen molar-refractivity contribution in [3.05, 3.63) is 103 Å². The monoisotopic (exact) mass is 813 g/mol. The number of thiophene rings is 2. The van der Waals surface area contributed by atoms with Crippen molar-refractivity contribution in [3.63, 3.8) is 0 Å². The van der Waals surface area contributed by atoms with Crippen LogP contribution in [0.5, 0.6) is 0 Å². The molecule has 0 aliphatic heterocycles. The summed E-state index contributed by atoms with van der Waals surface area (Å²) >= 11 is 2.88. The van der Waals surface area contributed by atoms with E-state index in [1.165, 1.54) is 44.9 Å². The van der Waals surface area contributed by atoms with E-state index in [1.54, 1.807) is 6.92 Å². The lowest BCUT2D eigenvalue weighted by atomic mass is 9.96. The minimum Gasteiger partial charge on any atom is -0.462 e. The quantitative estimate of drug-likeness (QED) is 0.159. The number of hydrogen-bond acceptors (Lipinski definition) is 9. The molecule has 0 fully saturated rings. The van der Waals surface area contributed by atoms with Gasteiger partial charge in [-0.1, -0.05) is 36.4 Å². The Balaban J connectivity index is 0.000000177. The van der Waals surface area contributed by atoms with Gasteiger partial charge in [0.2, 0.25) is 5.91 Å². The minimum atomic E-state index is -0.463. The summed E-state index contributed by atoms with van der Waals surface area (Å²) in [6.07, 6.45) is 0. The summed E-state index contributed by atoms with van der Waals surface area (Å²) < 4.78 is 16.9. The fourth-order valence-corrected chi connectivity index (χ4v) is 10.3. The zero-order valence-electron chi connectivity index (χ0n) is 34.8. The zero-order valence-corrected chi connectivity index (χ0v) is 36.4. The van der Waals surface area contributed by atoms with Crippen molar-refractivity contribution in [1.82, 2.24) is 19.1 Å². The number of amides is 1. The molecule has 0 unspecified atom stereocenters. The van der Waals surface area contributed by atoms with Gasteiger partial charge in [0.15, 0.2) is 0 Å². The van der Waals surface area contributed by atoms with E-state index in [2.05, 4.69) is 38.3 Å². The Morgan fingerprint density at radius 3 is 1.41 bits per heavy atom. The van der Waals surface area contributed by atoms with Crippen molar-refractivity contribution < 1.29 is 23.9 Å². The van der Waals surface area contributed by atoms with Crippen LogP contribution in [0.2, 0.25) is 0 Å². The molecule has 8 rings (SSSR count). The Hall–Kier alpha value is -5.85. The maximum Gasteiger partial charge on any atom is 0.349 e. The van der Waals surface area contributed by atoms with Gasteiger partial charge in [-0.25, -0.2) is 19.6 Å². The number of imidazole rings is 2. The van der Waals surface area contributed by atoms with Gasteiger partial charge in [0, 0.05) is 39.8 Å². The van der Waals surface area contributed by atoms with Crippen LogP contribution in [0.15, 0.2) is 48.5 Å². The zero-order chi connectivity index (χ0) is 41.9. The van der Waals surface area contributed by atoms with Crippen LogP contribution in [0.1, 0.15) is 82.5 Å². The van der Waals surface area contributed by atoms with E-state index >= 15 is 0 Å². The molecule has 10 nitrogen and oxygen atoms in total. The first-order chi connectivity index (χ1) is 27.6. The Labute approximate surface area is 345 Å². The van der Waals surface area contributed by atoms with Crippen LogP contribution in [0.3, 0.4) is 0 Å². The molecule has 58 heavy (non-hydrogen) atoms. The predicted octanol–water partition coefficient (Wildman–Crippen LogP) is 10.5. The molecule has 298 valence electrons. The smallest absolute Gasteiger partial charge is 0.349 e. The maximum absolute atomic E-state index is 12.8. The third-order valence-electron chi connectivity index (χ3n) is 11.4. The number of carbonyl (C=O) groups is 3. The second-order valence-electron chi connectivity index (χ2n) is 14.5. The minimum absolute atomic E-state index is 0.286. The molecule has 0 radical (unpaired) electrons. The summed E-state index contributed by atoms with van der Waals surface area (Å²) in [6.45, 7) is 18.6. The van der Waals surface area contributed by atoms with Crippen LogP contribution in [0.25, 0.3) is 65.0 Å². The van der Waals surface area contributed by atoms with Crippen molar-refractivity contribution in [2.24, 2.45) is 19.8 Å². The number of aromatic nitrogens is 4. The van der Waals surface area contributed by atoms with E-state index in [4.69, 9.17) is 25.2 Å². The number of ether oxygens (including phenoxy) is 2. The molecule has 0 aliphatic rings. The van der Waals surface area contributed by atoms with Crippen molar-refractivity contribution in [3.8, 4) is 22.8 Å². The molecule has 4 aromatic heterocycles. The number of aryl methyl sites for hydroxylation is 6. The van der Waals surface area contributed by atoms with Gasteiger partial charge in [0.1, 0.15) is 21.4 Å². The number of esters is 2. The highest BCUT2D eigenvalue weighted by molar-refractivity contribution is 7.21. The van der Waals surface area contributed by atoms with Crippen LogP contribution < -0.4 is 5.73 Å². The van der Waals surface area contributed by atoms with Crippen molar-refractivity contribution in [2.45, 2.75) is 62.3 Å². The molecule has 4 heterocycles. The molecule has 0 spiro atoms. The van der Waals surface area contributed by atoms with Gasteiger partial charge >= 0.3 is 11.9 Å². The molecule has 8 aromatic rings. The molecule has 0 saturated heterocycles. The molecule has 0 bridgehead atoms. The van der Waals surface area contributed by atoms with Gasteiger partial charge in [-0.2, -0.15) is 0 Å². The highest BCUT2D eigenvalue weighted by Gasteiger charge is 2.28. The summed E-state index contributed by atoms with van der Waals surface area (Å²) in [4.78, 5) is 48.6. The fraction of sp³-hybridized carbons (Fsp3) is 0.283. The van der Waals surface area contributed by atoms with E-state index in [1.807, 2.05) is 88.8 Å². The number of nitrogens with two attached hydrogens (primary N) is 1. The number of primary amides is 1. The highest BCUT2D eigenvalue weighted by atomic mass is 32.1. The number of benzene rings is 4. The number of carbonyl (C=O) groups excluding carboxylic acids is 3. The molecule has 0 aliphatic carbocycles. The summed E-state index contributed by atoms with van der Waals surface area (Å²) in [7, 11) is 3.97. The molecule has 12 heteroatoms. The Bertz CT molecular complexity index is 3000. The standard InChI is InChI=1S/C23H23N3O3S.C23H24N2O2S/c1-6-29-23(28)20-17(14-9-7-8-10-15(14)30-20)22-25-18-13(4)16(21(24)27)11(2)12(3)19(18)26(22)5;1-7-27-23(26)21-18(16-10-8-9-11-17(16)28-21)22-24-19-14(4)12(2)13(3)15(5)20(19)25(22)6/h7-10H,6H2,1-5H3,(H2,24,27);8-11H,7H2,1-6H3. The lowest BCUT2D eigenvalue weighted by Gasteiger charge is -2.12. The van der Waals surface area contributed by atoms with Gasteiger partial charge in [0.25, 0.3) is 0 Å². The normalized spacial score (nSPS) is 11.4. The summed E-state index contributed by atoms with van der Waals surface area (Å²) in [6, 6.07) is 16.0. The van der Waals surface area contributed by atoms with Gasteiger partial charge in [-0.15, -0.1) is 22.7 Å². The molecule has 2 N–H and O–H groups in total. The summed E-state index contributed by atoms with van der Waals surface area (Å²) in [5.41, 5.74) is 19.1. The molecule has 4 aromatic carbocycles. The third-order valence-corrected chi connectivity index (χ3v) is 13.7. The number of rotatable bonds is 7. The molecular formula is C46H47N5O5S2. The highest BCUT2D eigenvalue weighted by Crippen LogP contribution is 2.43. The second-order valence-corrected chi connectivity index (χ2v) is 16.6. The van der Waals surface area contributed by atoms with Crippen molar-refractivity contribution in [1.29, 1.82) is 0 Å². The number of fused-ring (bicyclic) bond motifs is 4. The predicted molar refractivity (Wildman–Crippen MR) is 237 cm³/mol. The number of nitrogens with zero attached hydrogens (tertiary/aromatic N) is 4. The average molecular weight is 814 g/mol. The first kappa shape index (κ1) is 40.4. The van der Waals surface area contributed by atoms with E-state index < -0.39 is 5.91 Å². The lowest BCUT2D eigenvalue weighted by molar-refractivity contribution is 0.0523. The van der Waals surface area contributed by atoms with Crippen molar-refractivity contribution >= 4 is 82.8 Å². The molecule has 0 atom stereocenters. The lowest BCUT2D eigenvalue weighted by Crippen LogP contribution is -2.16. The van der Waals surface area contributed by atoms with Crippen molar-refractivity contribution in [2.75, 3.05) is 13.2 Å². The largest absolute Gasteiger partial charge is 0.462 e. The van der Waals surface area contributed by atoms with E-state index in [9.17, 15) is 14.4 Å². The maximum atomic E-state index is 12.8. The van der Waals surface area contributed by atoms with Gasteiger partial charge < -0.3 is 24.3 Å². The Kier molecular flexibility index (Phi) is 10.8. The fourth-order valence-electron chi connectivity index (χ4n) is 8.09. The van der Waals surface area contributed by atoms with Crippen LogP contribution >= 0.6 is 22.7 Å². The first-order valence-corrected chi connectivity index (χ1v) is 20.8. The van der Waals surface area contributed by atoms with Crippen LogP contribution in [0.4, 0.5) is 0 Å². The first-order valence-electron chi connectivity index (χ1n) is 19.2. The Morgan fingerprint density at radius 2 is 0.983 bits per heavy atom. The Morgan fingerprint density at radius 1 is 0.586 bits per heavy atom. The molecule has 0 saturated carbocycles. The van der Waals surface area contributed by atoms with E-state index in [0.29, 0.717) is 34.4 Å². The third kappa shape index (κ3) is 6.35. The molecular weight excluding hydrogens is 767 g/mol. The van der Waals surface area contributed by atoms with Crippen LogP contribution in [-0.2, 0) is 23.6 Å². The van der Waals surface area contributed by atoms with Gasteiger partial charge in [0.05, 0.1) is 46.4 Å². The summed E-state index contributed by atoms with van der Waals surface area (Å²) in [5.74, 6) is 0.370. The van der Waals surface area contributed by atoms with Gasteiger partial charge in [-0.3, -0.25) is 4.79 Å². The SMILES string of the molecule is CCOC(=O)c1sc2ccccc2c1-c1nc2c(C)c(C(N)=O)c(C)c(C)c2n1C.CCOC(=O)c1sc2ccccc2c1-c1nc2c(C)c(C)c(C)c(C)c2n1C. The van der Waals surface area contributed by atoms with Crippen LogP contribution in [0, 0.1) is 48.5 Å². The average Bonchev–Trinajstić information content (AvgIpc) is 3.96. The van der Waals surface area contributed by atoms with E-state index in [-0.39, 0.29) is 11.9 Å². The number of hydrogen-bond donors (Lipinski definition) is 1. The topological polar surface area (TPSA) is 131 Å².